The lowest BCUT2D eigenvalue weighted by Gasteiger charge is -2.22. The van der Waals surface area contributed by atoms with Crippen LogP contribution in [-0.2, 0) is 6.54 Å². The Kier molecular flexibility index (Phi) is 5.43. The fourth-order valence-electron chi connectivity index (χ4n) is 2.50. The van der Waals surface area contributed by atoms with Gasteiger partial charge in [0, 0.05) is 31.2 Å². The van der Waals surface area contributed by atoms with Crippen molar-refractivity contribution in [1.82, 2.24) is 14.7 Å². The summed E-state index contributed by atoms with van der Waals surface area (Å²) < 4.78 is 1.75. The number of aromatic nitrogens is 2. The van der Waals surface area contributed by atoms with E-state index in [-0.39, 0.29) is 19.2 Å². The summed E-state index contributed by atoms with van der Waals surface area (Å²) in [5.41, 5.74) is 2.62. The van der Waals surface area contributed by atoms with E-state index in [0.717, 1.165) is 11.3 Å². The number of hydrogen-bond acceptors (Lipinski definition) is 3. The zero-order chi connectivity index (χ0) is 17.5. The molecule has 0 saturated carbocycles. The van der Waals surface area contributed by atoms with Crippen molar-refractivity contribution >= 4 is 11.7 Å². The number of carbonyl (C=O) groups is 1. The first-order valence-corrected chi connectivity index (χ1v) is 8.07. The SMILES string of the molecule is O=C(Nc1ccc(-n2cccn2)cc1)N(CCO)Cc1ccccc1. The van der Waals surface area contributed by atoms with Gasteiger partial charge in [0.05, 0.1) is 12.3 Å². The monoisotopic (exact) mass is 336 g/mol. The molecule has 2 aromatic carbocycles. The lowest BCUT2D eigenvalue weighted by molar-refractivity contribution is 0.185. The van der Waals surface area contributed by atoms with Crippen LogP contribution in [0.4, 0.5) is 10.5 Å². The molecule has 0 spiro atoms. The van der Waals surface area contributed by atoms with E-state index >= 15 is 0 Å². The van der Waals surface area contributed by atoms with E-state index in [9.17, 15) is 9.90 Å². The molecule has 0 atom stereocenters. The van der Waals surface area contributed by atoms with Crippen LogP contribution in [0.2, 0.25) is 0 Å². The van der Waals surface area contributed by atoms with Gasteiger partial charge in [-0.1, -0.05) is 30.3 Å². The zero-order valence-electron chi connectivity index (χ0n) is 13.7. The molecule has 0 saturated heterocycles. The number of anilines is 1. The lowest BCUT2D eigenvalue weighted by atomic mass is 10.2. The quantitative estimate of drug-likeness (QED) is 0.727. The zero-order valence-corrected chi connectivity index (χ0v) is 13.7. The van der Waals surface area contributed by atoms with Crippen molar-refractivity contribution in [2.24, 2.45) is 0 Å². The molecule has 0 radical (unpaired) electrons. The Morgan fingerprint density at radius 1 is 1.08 bits per heavy atom. The number of aliphatic hydroxyl groups excluding tert-OH is 1. The minimum atomic E-state index is -0.246. The van der Waals surface area contributed by atoms with Gasteiger partial charge in [-0.3, -0.25) is 0 Å². The van der Waals surface area contributed by atoms with Crippen LogP contribution in [0.5, 0.6) is 0 Å². The number of amides is 2. The summed E-state index contributed by atoms with van der Waals surface area (Å²) >= 11 is 0. The maximum atomic E-state index is 12.5. The van der Waals surface area contributed by atoms with E-state index in [4.69, 9.17) is 0 Å². The van der Waals surface area contributed by atoms with Crippen LogP contribution in [0.15, 0.2) is 73.1 Å². The first kappa shape index (κ1) is 16.7. The Balaban J connectivity index is 1.66. The molecule has 128 valence electrons. The Morgan fingerprint density at radius 2 is 1.84 bits per heavy atom. The third-order valence-corrected chi connectivity index (χ3v) is 3.76. The Bertz CT molecular complexity index is 786. The standard InChI is InChI=1S/C19H20N4O2/c24-14-13-22(15-16-5-2-1-3-6-16)19(25)21-17-7-9-18(10-8-17)23-12-4-11-20-23/h1-12,24H,13-15H2,(H,21,25). The first-order valence-electron chi connectivity index (χ1n) is 8.07. The molecule has 0 fully saturated rings. The highest BCUT2D eigenvalue weighted by Gasteiger charge is 2.13. The van der Waals surface area contributed by atoms with Gasteiger partial charge in [-0.25, -0.2) is 9.48 Å². The molecule has 2 N–H and O–H groups in total. The van der Waals surface area contributed by atoms with E-state index in [1.165, 1.54) is 0 Å². The summed E-state index contributed by atoms with van der Waals surface area (Å²) in [4.78, 5) is 14.1. The van der Waals surface area contributed by atoms with Crippen LogP contribution >= 0.6 is 0 Å². The van der Waals surface area contributed by atoms with Crippen LogP contribution in [0.1, 0.15) is 5.56 Å². The van der Waals surface area contributed by atoms with E-state index in [1.54, 1.807) is 15.8 Å². The molecule has 3 rings (SSSR count). The number of urea groups is 1. The number of nitrogens with one attached hydrogen (secondary N) is 1. The average Bonchev–Trinajstić information content (AvgIpc) is 3.17. The number of hydrogen-bond donors (Lipinski definition) is 2. The molecule has 0 aliphatic rings. The molecule has 6 heteroatoms. The first-order chi connectivity index (χ1) is 12.3. The molecule has 0 bridgehead atoms. The number of nitrogens with zero attached hydrogens (tertiary/aromatic N) is 3. The van der Waals surface area contributed by atoms with Crippen molar-refractivity contribution < 1.29 is 9.90 Å². The summed E-state index contributed by atoms with van der Waals surface area (Å²) in [5.74, 6) is 0. The maximum absolute atomic E-state index is 12.5. The summed E-state index contributed by atoms with van der Waals surface area (Å²) in [7, 11) is 0. The minimum absolute atomic E-state index is 0.0848. The number of aliphatic hydroxyl groups is 1. The fraction of sp³-hybridized carbons (Fsp3) is 0.158. The van der Waals surface area contributed by atoms with Crippen LogP contribution in [-0.4, -0.2) is 39.0 Å². The Morgan fingerprint density at radius 3 is 2.48 bits per heavy atom. The van der Waals surface area contributed by atoms with Gasteiger partial charge in [0.2, 0.25) is 0 Å². The van der Waals surface area contributed by atoms with Gasteiger partial charge in [-0.2, -0.15) is 5.10 Å². The van der Waals surface area contributed by atoms with Crippen molar-refractivity contribution in [3.05, 3.63) is 78.6 Å². The molecule has 0 aliphatic carbocycles. The van der Waals surface area contributed by atoms with Gasteiger partial charge in [0.1, 0.15) is 0 Å². The van der Waals surface area contributed by atoms with Crippen LogP contribution in [0, 0.1) is 0 Å². The van der Waals surface area contributed by atoms with E-state index in [2.05, 4.69) is 10.4 Å². The highest BCUT2D eigenvalue weighted by molar-refractivity contribution is 5.89. The minimum Gasteiger partial charge on any atom is -0.395 e. The second kappa shape index (κ2) is 8.12. The molecule has 0 unspecified atom stereocenters. The van der Waals surface area contributed by atoms with Crippen LogP contribution < -0.4 is 5.32 Å². The Labute approximate surface area is 146 Å². The second-order valence-electron chi connectivity index (χ2n) is 5.56. The molecular formula is C19H20N4O2. The molecule has 1 aromatic heterocycles. The van der Waals surface area contributed by atoms with Crippen molar-refractivity contribution in [3.63, 3.8) is 0 Å². The van der Waals surface area contributed by atoms with Crippen molar-refractivity contribution in [2.75, 3.05) is 18.5 Å². The molecule has 3 aromatic rings. The van der Waals surface area contributed by atoms with E-state index in [1.807, 2.05) is 66.9 Å². The number of rotatable bonds is 6. The summed E-state index contributed by atoms with van der Waals surface area (Å²) in [6, 6.07) is 18.7. The molecular weight excluding hydrogens is 316 g/mol. The fourth-order valence-corrected chi connectivity index (χ4v) is 2.50. The van der Waals surface area contributed by atoms with Crippen molar-refractivity contribution in [3.8, 4) is 5.69 Å². The highest BCUT2D eigenvalue weighted by atomic mass is 16.3. The van der Waals surface area contributed by atoms with Gasteiger partial charge >= 0.3 is 6.03 Å². The highest BCUT2D eigenvalue weighted by Crippen LogP contribution is 2.14. The largest absolute Gasteiger partial charge is 0.395 e. The molecule has 1 heterocycles. The summed E-state index contributed by atoms with van der Waals surface area (Å²) in [5, 5.41) is 16.3. The second-order valence-corrected chi connectivity index (χ2v) is 5.56. The lowest BCUT2D eigenvalue weighted by Crippen LogP contribution is -2.36. The predicted octanol–water partition coefficient (Wildman–Crippen LogP) is 2.90. The Hall–Kier alpha value is -3.12. The van der Waals surface area contributed by atoms with Crippen LogP contribution in [0.3, 0.4) is 0 Å². The summed E-state index contributed by atoms with van der Waals surface area (Å²) in [6.07, 6.45) is 3.57. The predicted molar refractivity (Wildman–Crippen MR) is 96.5 cm³/mol. The number of carbonyl (C=O) groups excluding carboxylic acids is 1. The van der Waals surface area contributed by atoms with Crippen molar-refractivity contribution in [2.45, 2.75) is 6.54 Å². The molecule has 6 nitrogen and oxygen atoms in total. The summed E-state index contributed by atoms with van der Waals surface area (Å²) in [6.45, 7) is 0.628. The average molecular weight is 336 g/mol. The van der Waals surface area contributed by atoms with Gasteiger partial charge in [-0.15, -0.1) is 0 Å². The van der Waals surface area contributed by atoms with Gasteiger partial charge in [-0.05, 0) is 35.9 Å². The van der Waals surface area contributed by atoms with Gasteiger partial charge < -0.3 is 15.3 Å². The van der Waals surface area contributed by atoms with Gasteiger partial charge in [0.25, 0.3) is 0 Å². The maximum Gasteiger partial charge on any atom is 0.322 e. The molecule has 0 aliphatic heterocycles. The molecule has 2 amide bonds. The normalized spacial score (nSPS) is 10.4. The third kappa shape index (κ3) is 4.45. The smallest absolute Gasteiger partial charge is 0.322 e. The van der Waals surface area contributed by atoms with Gasteiger partial charge in [0.15, 0.2) is 0 Å². The number of benzene rings is 2. The van der Waals surface area contributed by atoms with E-state index < -0.39 is 0 Å². The topological polar surface area (TPSA) is 70.4 Å². The third-order valence-electron chi connectivity index (χ3n) is 3.76. The van der Waals surface area contributed by atoms with Crippen molar-refractivity contribution in [1.29, 1.82) is 0 Å². The van der Waals surface area contributed by atoms with Crippen LogP contribution in [0.25, 0.3) is 5.69 Å². The van der Waals surface area contributed by atoms with E-state index in [0.29, 0.717) is 12.2 Å². The molecule has 25 heavy (non-hydrogen) atoms.